The van der Waals surface area contributed by atoms with Gasteiger partial charge in [-0.25, -0.2) is 4.79 Å². The second kappa shape index (κ2) is 12.4. The summed E-state index contributed by atoms with van der Waals surface area (Å²) in [5, 5.41) is 16.1. The van der Waals surface area contributed by atoms with E-state index in [0.29, 0.717) is 12.8 Å². The van der Waals surface area contributed by atoms with Crippen molar-refractivity contribution >= 4 is 23.8 Å². The molecule has 0 bridgehead atoms. The van der Waals surface area contributed by atoms with Crippen LogP contribution < -0.4 is 21.7 Å². The lowest BCUT2D eigenvalue weighted by Gasteiger charge is -2.23. The van der Waals surface area contributed by atoms with Gasteiger partial charge in [0, 0.05) is 6.54 Å². The molecule has 0 radical (unpaired) electrons. The number of amides is 4. The zero-order chi connectivity index (χ0) is 21.8. The Morgan fingerprint density at radius 3 is 2.24 bits per heavy atom. The molecule has 29 heavy (non-hydrogen) atoms. The molecule has 1 aromatic rings. The van der Waals surface area contributed by atoms with Crippen LogP contribution in [0.3, 0.4) is 0 Å². The molecule has 1 aromatic carbocycles. The molecule has 0 fully saturated rings. The van der Waals surface area contributed by atoms with Crippen LogP contribution in [0.2, 0.25) is 0 Å². The van der Waals surface area contributed by atoms with Crippen molar-refractivity contribution < 1.29 is 24.3 Å². The van der Waals surface area contributed by atoms with Crippen molar-refractivity contribution in [2.75, 3.05) is 6.54 Å². The lowest BCUT2D eigenvalue weighted by Crippen LogP contribution is -2.53. The van der Waals surface area contributed by atoms with Crippen LogP contribution in [-0.2, 0) is 20.8 Å². The van der Waals surface area contributed by atoms with Gasteiger partial charge in [0.25, 0.3) is 0 Å². The highest BCUT2D eigenvalue weighted by Crippen LogP contribution is 2.07. The predicted octanol–water partition coefficient (Wildman–Crippen LogP) is 0.778. The highest BCUT2D eigenvalue weighted by Gasteiger charge is 2.26. The van der Waals surface area contributed by atoms with Crippen molar-refractivity contribution in [3.63, 3.8) is 0 Å². The van der Waals surface area contributed by atoms with E-state index < -0.39 is 30.0 Å². The Morgan fingerprint density at radius 1 is 1.03 bits per heavy atom. The van der Waals surface area contributed by atoms with Gasteiger partial charge >= 0.3 is 6.09 Å². The fourth-order valence-corrected chi connectivity index (χ4v) is 2.79. The van der Waals surface area contributed by atoms with Crippen LogP contribution in [0.25, 0.3) is 0 Å². The third-order valence-corrected chi connectivity index (χ3v) is 4.17. The van der Waals surface area contributed by atoms with Gasteiger partial charge in [0.1, 0.15) is 12.1 Å². The normalized spacial score (nSPS) is 12.7. The zero-order valence-corrected chi connectivity index (χ0v) is 16.8. The molecular weight excluding hydrogens is 376 g/mol. The summed E-state index contributed by atoms with van der Waals surface area (Å²) in [5.41, 5.74) is 6.17. The molecule has 9 nitrogen and oxygen atoms in total. The number of rotatable bonds is 12. The molecule has 0 aliphatic rings. The van der Waals surface area contributed by atoms with E-state index in [2.05, 4.69) is 16.0 Å². The van der Waals surface area contributed by atoms with Crippen molar-refractivity contribution in [2.45, 2.75) is 51.6 Å². The minimum absolute atomic E-state index is 0.100. The molecule has 0 spiro atoms. The van der Waals surface area contributed by atoms with Crippen molar-refractivity contribution in [3.8, 4) is 0 Å². The summed E-state index contributed by atoms with van der Waals surface area (Å²) in [7, 11) is 0. The molecule has 2 unspecified atom stereocenters. The first-order valence-electron chi connectivity index (χ1n) is 9.58. The maximum atomic E-state index is 12.7. The van der Waals surface area contributed by atoms with E-state index in [4.69, 9.17) is 10.8 Å². The van der Waals surface area contributed by atoms with E-state index in [1.54, 1.807) is 12.1 Å². The minimum Gasteiger partial charge on any atom is -0.465 e. The van der Waals surface area contributed by atoms with Gasteiger partial charge in [0.2, 0.25) is 17.7 Å². The van der Waals surface area contributed by atoms with Crippen LogP contribution >= 0.6 is 0 Å². The summed E-state index contributed by atoms with van der Waals surface area (Å²) in [5.74, 6) is -1.37. The quantitative estimate of drug-likeness (QED) is 0.325. The molecule has 6 N–H and O–H groups in total. The van der Waals surface area contributed by atoms with Crippen LogP contribution in [0, 0.1) is 5.92 Å². The van der Waals surface area contributed by atoms with E-state index in [-0.39, 0.29) is 31.2 Å². The Kier molecular flexibility index (Phi) is 10.2. The number of nitrogens with one attached hydrogen (secondary N) is 3. The number of carboxylic acid groups (broad SMARTS) is 1. The third kappa shape index (κ3) is 10.1. The topological polar surface area (TPSA) is 151 Å². The summed E-state index contributed by atoms with van der Waals surface area (Å²) in [6, 6.07) is 7.32. The first kappa shape index (κ1) is 23.9. The van der Waals surface area contributed by atoms with Crippen LogP contribution in [0.5, 0.6) is 0 Å². The fraction of sp³-hybridized carbons (Fsp3) is 0.500. The number of nitrogens with two attached hydrogens (primary N) is 1. The largest absolute Gasteiger partial charge is 0.465 e. The summed E-state index contributed by atoms with van der Waals surface area (Å²) in [6.45, 7) is 3.94. The molecule has 160 valence electrons. The smallest absolute Gasteiger partial charge is 0.404 e. The average molecular weight is 406 g/mol. The predicted molar refractivity (Wildman–Crippen MR) is 108 cm³/mol. The number of hydrogen-bond acceptors (Lipinski definition) is 4. The summed E-state index contributed by atoms with van der Waals surface area (Å²) >= 11 is 0. The minimum atomic E-state index is -1.16. The van der Waals surface area contributed by atoms with Gasteiger partial charge in [0.15, 0.2) is 0 Å². The zero-order valence-electron chi connectivity index (χ0n) is 16.8. The number of carbonyl (C=O) groups excluding carboxylic acids is 3. The molecule has 0 saturated heterocycles. The Balaban J connectivity index is 2.76. The monoisotopic (exact) mass is 406 g/mol. The van der Waals surface area contributed by atoms with Gasteiger partial charge < -0.3 is 26.8 Å². The van der Waals surface area contributed by atoms with Crippen LogP contribution in [0.15, 0.2) is 30.3 Å². The van der Waals surface area contributed by atoms with Crippen molar-refractivity contribution in [1.29, 1.82) is 0 Å². The van der Waals surface area contributed by atoms with Gasteiger partial charge in [-0.05, 0) is 30.7 Å². The van der Waals surface area contributed by atoms with Crippen LogP contribution in [-0.4, -0.2) is 47.5 Å². The second-order valence-electron chi connectivity index (χ2n) is 7.25. The first-order chi connectivity index (χ1) is 13.7. The maximum absolute atomic E-state index is 12.7. The fourth-order valence-electron chi connectivity index (χ4n) is 2.79. The van der Waals surface area contributed by atoms with E-state index >= 15 is 0 Å². The molecule has 0 aromatic heterocycles. The van der Waals surface area contributed by atoms with Gasteiger partial charge in [-0.3, -0.25) is 14.4 Å². The first-order valence-corrected chi connectivity index (χ1v) is 9.58. The highest BCUT2D eigenvalue weighted by molar-refractivity contribution is 5.91. The molecule has 1 rings (SSSR count). The average Bonchev–Trinajstić information content (AvgIpc) is 2.63. The number of carbonyl (C=O) groups is 4. The molecule has 9 heteroatoms. The molecule has 4 amide bonds. The molecule has 2 atom stereocenters. The van der Waals surface area contributed by atoms with Gasteiger partial charge in [0.05, 0.1) is 6.42 Å². The van der Waals surface area contributed by atoms with E-state index in [1.807, 2.05) is 32.0 Å². The summed E-state index contributed by atoms with van der Waals surface area (Å²) in [4.78, 5) is 47.3. The lowest BCUT2D eigenvalue weighted by molar-refractivity contribution is -0.131. The Labute approximate surface area is 170 Å². The molecule has 0 aliphatic heterocycles. The molecular formula is C20H30N4O5. The SMILES string of the molecule is CC(C)CC(NC(=O)C(CCCNC(=O)O)NC(=O)Cc1ccccc1)C(N)=O. The molecule has 0 saturated carbocycles. The molecule has 0 aliphatic carbocycles. The van der Waals surface area contributed by atoms with Crippen molar-refractivity contribution in [1.82, 2.24) is 16.0 Å². The van der Waals surface area contributed by atoms with Gasteiger partial charge in [-0.15, -0.1) is 0 Å². The van der Waals surface area contributed by atoms with Crippen LogP contribution in [0.1, 0.15) is 38.7 Å². The Bertz CT molecular complexity index is 693. The van der Waals surface area contributed by atoms with E-state index in [1.165, 1.54) is 0 Å². The van der Waals surface area contributed by atoms with Gasteiger partial charge in [-0.2, -0.15) is 0 Å². The maximum Gasteiger partial charge on any atom is 0.404 e. The Hall–Kier alpha value is -3.10. The standard InChI is InChI=1S/C20H30N4O5/c1-13(2)11-16(18(21)26)24-19(27)15(9-6-10-22-20(28)29)23-17(25)12-14-7-4-3-5-8-14/h3-5,7-8,13,15-16,22H,6,9-12H2,1-2H3,(H2,21,26)(H,23,25)(H,24,27)(H,28,29). The van der Waals surface area contributed by atoms with Crippen LogP contribution in [0.4, 0.5) is 4.79 Å². The van der Waals surface area contributed by atoms with Gasteiger partial charge in [-0.1, -0.05) is 44.2 Å². The molecule has 0 heterocycles. The Morgan fingerprint density at radius 2 is 1.69 bits per heavy atom. The number of benzene rings is 1. The van der Waals surface area contributed by atoms with Crippen molar-refractivity contribution in [2.24, 2.45) is 11.7 Å². The number of hydrogen-bond donors (Lipinski definition) is 5. The van der Waals surface area contributed by atoms with Crippen molar-refractivity contribution in [3.05, 3.63) is 35.9 Å². The second-order valence-corrected chi connectivity index (χ2v) is 7.25. The lowest BCUT2D eigenvalue weighted by atomic mass is 10.0. The summed E-state index contributed by atoms with van der Waals surface area (Å²) in [6.07, 6.45) is -0.138. The van der Waals surface area contributed by atoms with E-state index in [9.17, 15) is 19.2 Å². The van der Waals surface area contributed by atoms with E-state index in [0.717, 1.165) is 5.56 Å². The summed E-state index contributed by atoms with van der Waals surface area (Å²) < 4.78 is 0. The third-order valence-electron chi connectivity index (χ3n) is 4.17. The highest BCUT2D eigenvalue weighted by atomic mass is 16.4. The number of primary amides is 1.